The lowest BCUT2D eigenvalue weighted by Gasteiger charge is -2.08. The highest BCUT2D eigenvalue weighted by Crippen LogP contribution is 2.18. The van der Waals surface area contributed by atoms with Crippen LogP contribution in [0.15, 0.2) is 65.8 Å². The number of hydrogen-bond acceptors (Lipinski definition) is 0. The molecule has 1 aromatic rings. The molecule has 0 bridgehead atoms. The lowest BCUT2D eigenvalue weighted by Crippen LogP contribution is -1.92. The van der Waals surface area contributed by atoms with Crippen molar-refractivity contribution in [3.05, 3.63) is 71.3 Å². The predicted molar refractivity (Wildman–Crippen MR) is 82.1 cm³/mol. The van der Waals surface area contributed by atoms with E-state index in [9.17, 15) is 0 Å². The van der Waals surface area contributed by atoms with Crippen molar-refractivity contribution in [1.29, 1.82) is 0 Å². The molecule has 0 fully saturated rings. The topological polar surface area (TPSA) is 0 Å². The number of benzene rings is 1. The fourth-order valence-corrected chi connectivity index (χ4v) is 1.92. The predicted octanol–water partition coefficient (Wildman–Crippen LogP) is 5.31. The molecule has 1 aromatic carbocycles. The third kappa shape index (κ3) is 4.93. The molecule has 0 aliphatic rings. The molecule has 0 N–H and O–H groups in total. The van der Waals surface area contributed by atoms with Crippen molar-refractivity contribution in [1.82, 2.24) is 0 Å². The lowest BCUT2D eigenvalue weighted by molar-refractivity contribution is 0.952. The van der Waals surface area contributed by atoms with Gasteiger partial charge in [-0.2, -0.15) is 0 Å². The maximum Gasteiger partial charge on any atom is 0.0434 e. The van der Waals surface area contributed by atoms with E-state index >= 15 is 0 Å². The zero-order valence-corrected chi connectivity index (χ0v) is 12.0. The van der Waals surface area contributed by atoms with E-state index < -0.39 is 0 Å². The van der Waals surface area contributed by atoms with Crippen molar-refractivity contribution >= 4 is 11.6 Å². The van der Waals surface area contributed by atoms with E-state index in [1.165, 1.54) is 11.1 Å². The molecule has 0 aliphatic heterocycles. The average Bonchev–Trinajstić information content (AvgIpc) is 2.40. The third-order valence-electron chi connectivity index (χ3n) is 2.92. The van der Waals surface area contributed by atoms with Crippen molar-refractivity contribution in [2.24, 2.45) is 0 Å². The molecule has 1 rings (SSSR count). The van der Waals surface area contributed by atoms with Crippen LogP contribution in [0.5, 0.6) is 0 Å². The van der Waals surface area contributed by atoms with Crippen LogP contribution in [-0.4, -0.2) is 5.88 Å². The van der Waals surface area contributed by atoms with Crippen LogP contribution in [0.3, 0.4) is 0 Å². The van der Waals surface area contributed by atoms with Gasteiger partial charge in [-0.15, -0.1) is 11.6 Å². The maximum atomic E-state index is 5.79. The molecule has 0 aromatic heterocycles. The molecule has 0 nitrogen and oxygen atoms in total. The van der Waals surface area contributed by atoms with E-state index in [1.54, 1.807) is 0 Å². The number of rotatable bonds is 6. The van der Waals surface area contributed by atoms with E-state index in [1.807, 2.05) is 13.0 Å². The Labute approximate surface area is 116 Å². The minimum absolute atomic E-state index is 0.564. The molecule has 0 spiro atoms. The summed E-state index contributed by atoms with van der Waals surface area (Å²) in [5, 5.41) is 0. The van der Waals surface area contributed by atoms with Crippen LogP contribution in [0.25, 0.3) is 0 Å². The first-order valence-electron chi connectivity index (χ1n) is 6.29. The smallest absolute Gasteiger partial charge is 0.0434 e. The van der Waals surface area contributed by atoms with E-state index in [4.69, 9.17) is 11.6 Å². The number of allylic oxidation sites excluding steroid dienone is 5. The van der Waals surface area contributed by atoms with Gasteiger partial charge in [0.15, 0.2) is 0 Å². The highest BCUT2D eigenvalue weighted by Gasteiger charge is 2.01. The molecule has 0 amide bonds. The molecule has 1 heteroatoms. The van der Waals surface area contributed by atoms with Gasteiger partial charge in [-0.3, -0.25) is 0 Å². The summed E-state index contributed by atoms with van der Waals surface area (Å²) in [6.07, 6.45) is 6.29. The van der Waals surface area contributed by atoms with Gasteiger partial charge in [0, 0.05) is 5.88 Å². The van der Waals surface area contributed by atoms with E-state index in [0.29, 0.717) is 5.88 Å². The summed E-state index contributed by atoms with van der Waals surface area (Å²) >= 11 is 5.79. The highest BCUT2D eigenvalue weighted by atomic mass is 35.5. The van der Waals surface area contributed by atoms with Crippen molar-refractivity contribution in [2.45, 2.75) is 26.7 Å². The van der Waals surface area contributed by atoms with E-state index in [0.717, 1.165) is 24.0 Å². The number of aryl methyl sites for hydroxylation is 1. The molecule has 0 unspecified atom stereocenters. The first-order chi connectivity index (χ1) is 8.67. The van der Waals surface area contributed by atoms with Gasteiger partial charge in [-0.25, -0.2) is 0 Å². The Hall–Kier alpha value is -1.27. The van der Waals surface area contributed by atoms with Crippen LogP contribution >= 0.6 is 11.6 Å². The Kier molecular flexibility index (Phi) is 6.53. The van der Waals surface area contributed by atoms with Gasteiger partial charge in [0.2, 0.25) is 0 Å². The molecule has 0 saturated carbocycles. The zero-order chi connectivity index (χ0) is 13.4. The average molecular weight is 261 g/mol. The molecule has 0 heterocycles. The second-order valence-electron chi connectivity index (χ2n) is 4.45. The Morgan fingerprint density at radius 3 is 2.50 bits per heavy atom. The van der Waals surface area contributed by atoms with Crippen molar-refractivity contribution < 1.29 is 0 Å². The first-order valence-corrected chi connectivity index (χ1v) is 6.82. The molecule has 0 aliphatic carbocycles. The minimum Gasteiger partial charge on any atom is -0.122 e. The monoisotopic (exact) mass is 260 g/mol. The van der Waals surface area contributed by atoms with Gasteiger partial charge in [-0.05, 0) is 43.4 Å². The van der Waals surface area contributed by atoms with Crippen molar-refractivity contribution in [3.8, 4) is 0 Å². The van der Waals surface area contributed by atoms with Crippen LogP contribution in [-0.2, 0) is 6.42 Å². The highest BCUT2D eigenvalue weighted by molar-refractivity contribution is 6.19. The van der Waals surface area contributed by atoms with Gasteiger partial charge in [0.25, 0.3) is 0 Å². The summed E-state index contributed by atoms with van der Waals surface area (Å²) < 4.78 is 0. The van der Waals surface area contributed by atoms with Gasteiger partial charge in [-0.1, -0.05) is 54.6 Å². The fraction of sp³-hybridized carbons (Fsp3) is 0.294. The van der Waals surface area contributed by atoms with Gasteiger partial charge >= 0.3 is 0 Å². The summed E-state index contributed by atoms with van der Waals surface area (Å²) in [7, 11) is 0. The van der Waals surface area contributed by atoms with Gasteiger partial charge in [0.05, 0.1) is 0 Å². The van der Waals surface area contributed by atoms with Crippen LogP contribution in [0.2, 0.25) is 0 Å². The quantitative estimate of drug-likeness (QED) is 0.481. The zero-order valence-electron chi connectivity index (χ0n) is 11.2. The van der Waals surface area contributed by atoms with Crippen molar-refractivity contribution in [3.63, 3.8) is 0 Å². The molecule has 96 valence electrons. The number of alkyl halides is 1. The fourth-order valence-electron chi connectivity index (χ4n) is 1.84. The second kappa shape index (κ2) is 7.94. The Balaban J connectivity index is 2.61. The number of halogens is 1. The Bertz CT molecular complexity index is 438. The summed E-state index contributed by atoms with van der Waals surface area (Å²) in [5.74, 6) is 0.564. The summed E-state index contributed by atoms with van der Waals surface area (Å²) in [6.45, 7) is 8.22. The third-order valence-corrected chi connectivity index (χ3v) is 3.34. The Morgan fingerprint density at radius 1 is 1.28 bits per heavy atom. The molecule has 0 atom stereocenters. The molecule has 18 heavy (non-hydrogen) atoms. The lowest BCUT2D eigenvalue weighted by atomic mass is 9.98. The Morgan fingerprint density at radius 2 is 1.94 bits per heavy atom. The van der Waals surface area contributed by atoms with E-state index in [-0.39, 0.29) is 0 Å². The summed E-state index contributed by atoms with van der Waals surface area (Å²) in [5.41, 5.74) is 4.89. The molecule has 0 radical (unpaired) electrons. The summed E-state index contributed by atoms with van der Waals surface area (Å²) in [4.78, 5) is 0. The maximum absolute atomic E-state index is 5.79. The van der Waals surface area contributed by atoms with Crippen LogP contribution in [0.1, 0.15) is 25.8 Å². The van der Waals surface area contributed by atoms with Gasteiger partial charge < -0.3 is 0 Å². The summed E-state index contributed by atoms with van der Waals surface area (Å²) in [6, 6.07) is 10.5. The molecule has 0 saturated heterocycles. The van der Waals surface area contributed by atoms with Crippen LogP contribution < -0.4 is 0 Å². The van der Waals surface area contributed by atoms with Crippen molar-refractivity contribution in [2.75, 3.05) is 5.88 Å². The minimum atomic E-state index is 0.564. The van der Waals surface area contributed by atoms with Crippen LogP contribution in [0, 0.1) is 0 Å². The number of hydrogen-bond donors (Lipinski definition) is 0. The second-order valence-corrected chi connectivity index (χ2v) is 4.72. The normalized spacial score (nSPS) is 12.6. The first kappa shape index (κ1) is 14.8. The SMILES string of the molecule is C=C(/C=C(\C)CCl)/C(=C\C)CCc1ccccc1. The molecular formula is C17H21Cl. The van der Waals surface area contributed by atoms with Crippen LogP contribution in [0.4, 0.5) is 0 Å². The van der Waals surface area contributed by atoms with Gasteiger partial charge in [0.1, 0.15) is 0 Å². The largest absolute Gasteiger partial charge is 0.122 e. The standard InChI is InChI=1S/C17H21Cl/c1-4-17(15(3)12-14(2)13-18)11-10-16-8-6-5-7-9-16/h4-9,12H,3,10-11,13H2,1-2H3/b14-12+,17-4-. The molecular weight excluding hydrogens is 240 g/mol. The van der Waals surface area contributed by atoms with E-state index in [2.05, 4.69) is 49.9 Å².